The third kappa shape index (κ3) is 4.76. The van der Waals surface area contributed by atoms with Gasteiger partial charge in [-0.15, -0.1) is 0 Å². The van der Waals surface area contributed by atoms with E-state index in [-0.39, 0.29) is 11.7 Å². The molecule has 0 amide bonds. The van der Waals surface area contributed by atoms with Gasteiger partial charge in [0.15, 0.2) is 0 Å². The van der Waals surface area contributed by atoms with Crippen molar-refractivity contribution in [3.8, 4) is 0 Å². The highest BCUT2D eigenvalue weighted by Crippen LogP contribution is 2.29. The van der Waals surface area contributed by atoms with E-state index in [1.54, 1.807) is 0 Å². The molecular weight excluding hydrogens is 261 g/mol. The van der Waals surface area contributed by atoms with E-state index in [2.05, 4.69) is 10.3 Å². The maximum atomic E-state index is 12.3. The molecule has 19 heavy (non-hydrogen) atoms. The molecule has 1 heterocycles. The zero-order chi connectivity index (χ0) is 14.6. The minimum Gasteiger partial charge on any atom is -0.480 e. The van der Waals surface area contributed by atoms with Crippen LogP contribution in [0.3, 0.4) is 0 Å². The van der Waals surface area contributed by atoms with E-state index in [9.17, 15) is 18.0 Å². The molecule has 0 unspecified atom stereocenters. The number of halogens is 3. The van der Waals surface area contributed by atoms with E-state index >= 15 is 0 Å². The Labute approximate surface area is 108 Å². The Kier molecular flexibility index (Phi) is 4.74. The number of carboxylic acids is 1. The van der Waals surface area contributed by atoms with E-state index < -0.39 is 23.8 Å². The van der Waals surface area contributed by atoms with Crippen molar-refractivity contribution in [2.45, 2.75) is 32.5 Å². The number of nitrogens with one attached hydrogen (secondary N) is 1. The van der Waals surface area contributed by atoms with Gasteiger partial charge in [0.1, 0.15) is 11.9 Å². The minimum absolute atomic E-state index is 0.112. The molecule has 0 radical (unpaired) electrons. The molecule has 0 saturated heterocycles. The van der Waals surface area contributed by atoms with Crippen molar-refractivity contribution in [2.24, 2.45) is 5.92 Å². The molecule has 1 atom stereocenters. The van der Waals surface area contributed by atoms with Crippen molar-refractivity contribution in [3.05, 3.63) is 23.9 Å². The number of alkyl halides is 3. The van der Waals surface area contributed by atoms with Crippen molar-refractivity contribution in [1.29, 1.82) is 0 Å². The van der Waals surface area contributed by atoms with E-state index in [0.29, 0.717) is 12.6 Å². The maximum absolute atomic E-state index is 12.3. The molecule has 0 saturated carbocycles. The Morgan fingerprint density at radius 1 is 1.42 bits per heavy atom. The van der Waals surface area contributed by atoms with E-state index in [0.717, 1.165) is 12.1 Å². The minimum atomic E-state index is -4.45. The largest absolute Gasteiger partial charge is 0.480 e. The van der Waals surface area contributed by atoms with Gasteiger partial charge in [-0.1, -0.05) is 13.8 Å². The standard InChI is InChI=1S/C12H15F3N2O2/c1-7(2)5-9(11(18)19)17-10-4-3-8(6-16-10)12(13,14)15/h3-4,6-7,9H,5H2,1-2H3,(H,16,17)(H,18,19)/t9-/m1/s1. The highest BCUT2D eigenvalue weighted by molar-refractivity contribution is 5.76. The molecule has 0 bridgehead atoms. The molecule has 0 spiro atoms. The third-order valence-electron chi connectivity index (χ3n) is 2.42. The van der Waals surface area contributed by atoms with Crippen LogP contribution in [0.2, 0.25) is 0 Å². The topological polar surface area (TPSA) is 62.2 Å². The lowest BCUT2D eigenvalue weighted by Gasteiger charge is -2.17. The van der Waals surface area contributed by atoms with Crippen LogP contribution in [0.25, 0.3) is 0 Å². The maximum Gasteiger partial charge on any atom is 0.417 e. The summed E-state index contributed by atoms with van der Waals surface area (Å²) in [6, 6.07) is 1.12. The molecule has 0 aliphatic rings. The fraction of sp³-hybridized carbons (Fsp3) is 0.500. The highest BCUT2D eigenvalue weighted by atomic mass is 19.4. The fourth-order valence-corrected chi connectivity index (χ4v) is 1.52. The number of nitrogens with zero attached hydrogens (tertiary/aromatic N) is 1. The molecule has 1 aromatic rings. The second kappa shape index (κ2) is 5.90. The number of hydrogen-bond donors (Lipinski definition) is 2. The van der Waals surface area contributed by atoms with Gasteiger partial charge < -0.3 is 10.4 Å². The average molecular weight is 276 g/mol. The van der Waals surface area contributed by atoms with Gasteiger partial charge in [-0.25, -0.2) is 9.78 Å². The predicted molar refractivity (Wildman–Crippen MR) is 63.7 cm³/mol. The summed E-state index contributed by atoms with van der Waals surface area (Å²) in [4.78, 5) is 14.6. The first kappa shape index (κ1) is 15.3. The lowest BCUT2D eigenvalue weighted by molar-refractivity contribution is -0.139. The van der Waals surface area contributed by atoms with Crippen LogP contribution in [0.5, 0.6) is 0 Å². The molecule has 0 aromatic carbocycles. The number of anilines is 1. The number of pyridine rings is 1. The Morgan fingerprint density at radius 3 is 2.42 bits per heavy atom. The summed E-state index contributed by atoms with van der Waals surface area (Å²) < 4.78 is 37.0. The molecule has 0 aliphatic heterocycles. The van der Waals surface area contributed by atoms with Crippen LogP contribution >= 0.6 is 0 Å². The number of rotatable bonds is 5. The first-order chi connectivity index (χ1) is 8.70. The monoisotopic (exact) mass is 276 g/mol. The fourth-order valence-electron chi connectivity index (χ4n) is 1.52. The first-order valence-corrected chi connectivity index (χ1v) is 5.72. The Balaban J connectivity index is 2.78. The van der Waals surface area contributed by atoms with Gasteiger partial charge in [-0.3, -0.25) is 0 Å². The summed E-state index contributed by atoms with van der Waals surface area (Å²) in [5.74, 6) is -0.806. The molecule has 4 nitrogen and oxygen atoms in total. The molecule has 0 aliphatic carbocycles. The summed E-state index contributed by atoms with van der Waals surface area (Å²) in [7, 11) is 0. The van der Waals surface area contributed by atoms with Gasteiger partial charge in [0, 0.05) is 6.20 Å². The van der Waals surface area contributed by atoms with Crippen molar-refractivity contribution >= 4 is 11.8 Å². The summed E-state index contributed by atoms with van der Waals surface area (Å²) >= 11 is 0. The number of aliphatic carboxylic acids is 1. The molecular formula is C12H15F3N2O2. The second-order valence-corrected chi connectivity index (χ2v) is 4.59. The SMILES string of the molecule is CC(C)C[C@@H](Nc1ccc(C(F)(F)F)cn1)C(=O)O. The molecule has 2 N–H and O–H groups in total. The summed E-state index contributed by atoms with van der Waals surface area (Å²) in [5, 5.41) is 11.6. The Hall–Kier alpha value is -1.79. The number of carboxylic acid groups (broad SMARTS) is 1. The molecule has 1 rings (SSSR count). The number of carbonyl (C=O) groups is 1. The molecule has 7 heteroatoms. The van der Waals surface area contributed by atoms with Crippen LogP contribution in [-0.2, 0) is 11.0 Å². The predicted octanol–water partition coefficient (Wildman–Crippen LogP) is 3.01. The average Bonchev–Trinajstić information content (AvgIpc) is 2.27. The summed E-state index contributed by atoms with van der Waals surface area (Å²) in [6.45, 7) is 3.72. The van der Waals surface area contributed by atoms with Crippen molar-refractivity contribution in [1.82, 2.24) is 4.98 Å². The lowest BCUT2D eigenvalue weighted by atomic mass is 10.0. The van der Waals surface area contributed by atoms with E-state index in [1.807, 2.05) is 13.8 Å². The Bertz CT molecular complexity index is 430. The molecule has 0 fully saturated rings. The zero-order valence-corrected chi connectivity index (χ0v) is 10.5. The number of hydrogen-bond acceptors (Lipinski definition) is 3. The van der Waals surface area contributed by atoms with Crippen molar-refractivity contribution in [2.75, 3.05) is 5.32 Å². The first-order valence-electron chi connectivity index (χ1n) is 5.72. The van der Waals surface area contributed by atoms with Crippen LogP contribution in [0.4, 0.5) is 19.0 Å². The smallest absolute Gasteiger partial charge is 0.417 e. The van der Waals surface area contributed by atoms with Gasteiger partial charge >= 0.3 is 12.1 Å². The summed E-state index contributed by atoms with van der Waals surface area (Å²) in [5.41, 5.74) is -0.867. The van der Waals surface area contributed by atoms with Crippen LogP contribution in [0.15, 0.2) is 18.3 Å². The zero-order valence-electron chi connectivity index (χ0n) is 10.5. The normalized spacial score (nSPS) is 13.4. The summed E-state index contributed by atoms with van der Waals surface area (Å²) in [6.07, 6.45) is -3.41. The quantitative estimate of drug-likeness (QED) is 0.867. The van der Waals surface area contributed by atoms with Crippen LogP contribution in [0.1, 0.15) is 25.8 Å². The van der Waals surface area contributed by atoms with Gasteiger partial charge in [-0.05, 0) is 24.5 Å². The van der Waals surface area contributed by atoms with E-state index in [4.69, 9.17) is 5.11 Å². The van der Waals surface area contributed by atoms with Crippen molar-refractivity contribution in [3.63, 3.8) is 0 Å². The van der Waals surface area contributed by atoms with Crippen molar-refractivity contribution < 1.29 is 23.1 Å². The third-order valence-corrected chi connectivity index (χ3v) is 2.42. The van der Waals surface area contributed by atoms with Crippen LogP contribution in [0, 0.1) is 5.92 Å². The highest BCUT2D eigenvalue weighted by Gasteiger charge is 2.30. The van der Waals surface area contributed by atoms with Crippen LogP contribution in [-0.4, -0.2) is 22.1 Å². The van der Waals surface area contributed by atoms with E-state index in [1.165, 1.54) is 0 Å². The van der Waals surface area contributed by atoms with Gasteiger partial charge in [-0.2, -0.15) is 13.2 Å². The molecule has 106 valence electrons. The lowest BCUT2D eigenvalue weighted by Crippen LogP contribution is -2.31. The number of aromatic nitrogens is 1. The van der Waals surface area contributed by atoms with Gasteiger partial charge in [0.25, 0.3) is 0 Å². The van der Waals surface area contributed by atoms with Crippen LogP contribution < -0.4 is 5.32 Å². The van der Waals surface area contributed by atoms with Gasteiger partial charge in [0.05, 0.1) is 5.56 Å². The Morgan fingerprint density at radius 2 is 2.05 bits per heavy atom. The van der Waals surface area contributed by atoms with Gasteiger partial charge in [0.2, 0.25) is 0 Å². The second-order valence-electron chi connectivity index (χ2n) is 4.59. The molecule has 1 aromatic heterocycles.